The lowest BCUT2D eigenvalue weighted by molar-refractivity contribution is -0.113. The van der Waals surface area contributed by atoms with E-state index in [9.17, 15) is 13.6 Å². The van der Waals surface area contributed by atoms with Crippen LogP contribution < -0.4 is 21.5 Å². The average Bonchev–Trinajstić information content (AvgIpc) is 2.47. The van der Waals surface area contributed by atoms with E-state index in [1.165, 1.54) is 24.3 Å². The van der Waals surface area contributed by atoms with E-state index >= 15 is 0 Å². The minimum absolute atomic E-state index is 0.00417. The van der Waals surface area contributed by atoms with Crippen molar-refractivity contribution in [3.63, 3.8) is 0 Å². The Balaban J connectivity index is 1.93. The van der Waals surface area contributed by atoms with Gasteiger partial charge in [-0.2, -0.15) is 8.78 Å². The Bertz CT molecular complexity index is 730. The molecule has 0 unspecified atom stereocenters. The largest absolute Gasteiger partial charge is 0.433 e. The van der Waals surface area contributed by atoms with Gasteiger partial charge in [0, 0.05) is 11.8 Å². The Morgan fingerprint density at radius 1 is 1.29 bits per heavy atom. The Morgan fingerprint density at radius 2 is 1.96 bits per heavy atom. The van der Waals surface area contributed by atoms with E-state index in [0.717, 1.165) is 11.8 Å². The summed E-state index contributed by atoms with van der Waals surface area (Å²) in [4.78, 5) is 19.7. The number of benzene rings is 1. The van der Waals surface area contributed by atoms with Crippen molar-refractivity contribution in [3.8, 4) is 5.75 Å². The molecule has 1 amide bonds. The molecule has 0 aliphatic carbocycles. The zero-order valence-corrected chi connectivity index (χ0v) is 13.6. The Hall–Kier alpha value is -2.33. The van der Waals surface area contributed by atoms with E-state index in [4.69, 9.17) is 23.1 Å². The predicted octanol–water partition coefficient (Wildman–Crippen LogP) is 2.63. The van der Waals surface area contributed by atoms with Gasteiger partial charge in [-0.15, -0.1) is 0 Å². The van der Waals surface area contributed by atoms with Gasteiger partial charge in [-0.1, -0.05) is 23.4 Å². The number of ether oxygens (including phenoxy) is 1. The molecule has 0 fully saturated rings. The number of anilines is 3. The first-order chi connectivity index (χ1) is 11.3. The van der Waals surface area contributed by atoms with Crippen molar-refractivity contribution in [2.24, 2.45) is 0 Å². The molecule has 1 heterocycles. The zero-order valence-electron chi connectivity index (χ0n) is 12.0. The van der Waals surface area contributed by atoms with Crippen LogP contribution in [0, 0.1) is 0 Å². The molecule has 24 heavy (non-hydrogen) atoms. The van der Waals surface area contributed by atoms with Gasteiger partial charge in [-0.25, -0.2) is 9.97 Å². The zero-order chi connectivity index (χ0) is 17.7. The van der Waals surface area contributed by atoms with Crippen LogP contribution in [0.4, 0.5) is 26.1 Å². The minimum atomic E-state index is -2.98. The van der Waals surface area contributed by atoms with Gasteiger partial charge < -0.3 is 21.5 Å². The van der Waals surface area contributed by atoms with E-state index in [-0.39, 0.29) is 39.2 Å². The van der Waals surface area contributed by atoms with Crippen LogP contribution in [0.2, 0.25) is 5.02 Å². The Kier molecular flexibility index (Phi) is 5.99. The molecular weight excluding hydrogens is 364 g/mol. The number of halogens is 3. The molecule has 2 aromatic rings. The molecule has 7 nitrogen and oxygen atoms in total. The van der Waals surface area contributed by atoms with Gasteiger partial charge >= 0.3 is 6.61 Å². The minimum Gasteiger partial charge on any atom is -0.433 e. The number of nitrogen functional groups attached to an aromatic ring is 2. The van der Waals surface area contributed by atoms with E-state index in [0.29, 0.717) is 5.69 Å². The summed E-state index contributed by atoms with van der Waals surface area (Å²) in [6.07, 6.45) is 0. The van der Waals surface area contributed by atoms with Crippen LogP contribution in [0.1, 0.15) is 0 Å². The van der Waals surface area contributed by atoms with Gasteiger partial charge in [-0.3, -0.25) is 4.79 Å². The second-order valence-corrected chi connectivity index (χ2v) is 5.71. The third-order valence-corrected chi connectivity index (χ3v) is 3.65. The first-order valence-corrected chi connectivity index (χ1v) is 7.77. The highest BCUT2D eigenvalue weighted by molar-refractivity contribution is 7.99. The van der Waals surface area contributed by atoms with Crippen LogP contribution in [0.3, 0.4) is 0 Å². The molecule has 128 valence electrons. The van der Waals surface area contributed by atoms with Gasteiger partial charge in [0.2, 0.25) is 5.91 Å². The number of hydrogen-bond donors (Lipinski definition) is 3. The first-order valence-electron chi connectivity index (χ1n) is 6.40. The lowest BCUT2D eigenvalue weighted by atomic mass is 10.3. The van der Waals surface area contributed by atoms with E-state index in [1.54, 1.807) is 0 Å². The standard InChI is InChI=1S/C13H12ClF2N5O2S/c14-7-3-6(1-2-8(7)23-12(15)16)19-11(22)5-24-13-20-9(17)4-10(18)21-13/h1-4,12H,5H2,(H,19,22)(H4,17,18,20,21). The molecule has 0 aliphatic rings. The van der Waals surface area contributed by atoms with Gasteiger partial charge in [0.15, 0.2) is 5.16 Å². The number of alkyl halides is 2. The van der Waals surface area contributed by atoms with E-state index in [2.05, 4.69) is 20.0 Å². The number of carbonyl (C=O) groups is 1. The second kappa shape index (κ2) is 7.97. The molecule has 0 radical (unpaired) electrons. The fraction of sp³-hybridized carbons (Fsp3) is 0.154. The number of hydrogen-bond acceptors (Lipinski definition) is 7. The molecule has 1 aromatic heterocycles. The highest BCUT2D eigenvalue weighted by Crippen LogP contribution is 2.29. The molecule has 11 heteroatoms. The smallest absolute Gasteiger partial charge is 0.387 e. The molecule has 1 aromatic carbocycles. The normalized spacial score (nSPS) is 10.7. The number of nitrogens with two attached hydrogens (primary N) is 2. The highest BCUT2D eigenvalue weighted by Gasteiger charge is 2.11. The van der Waals surface area contributed by atoms with Crippen LogP contribution in [-0.2, 0) is 4.79 Å². The lowest BCUT2D eigenvalue weighted by Gasteiger charge is -2.09. The van der Waals surface area contributed by atoms with Crippen LogP contribution >= 0.6 is 23.4 Å². The van der Waals surface area contributed by atoms with Crippen molar-refractivity contribution in [1.29, 1.82) is 0 Å². The van der Waals surface area contributed by atoms with Crippen LogP contribution in [0.5, 0.6) is 5.75 Å². The van der Waals surface area contributed by atoms with Gasteiger partial charge in [0.1, 0.15) is 17.4 Å². The predicted molar refractivity (Wildman–Crippen MR) is 88.3 cm³/mol. The summed E-state index contributed by atoms with van der Waals surface area (Å²) in [5, 5.41) is 2.77. The Labute approximate surface area is 144 Å². The van der Waals surface area contributed by atoms with Crippen molar-refractivity contribution in [1.82, 2.24) is 9.97 Å². The summed E-state index contributed by atoms with van der Waals surface area (Å²) in [6, 6.07) is 5.33. The number of nitrogens with one attached hydrogen (secondary N) is 1. The van der Waals surface area contributed by atoms with Crippen molar-refractivity contribution in [3.05, 3.63) is 29.3 Å². The lowest BCUT2D eigenvalue weighted by Crippen LogP contribution is -2.14. The van der Waals surface area contributed by atoms with Crippen LogP contribution in [0.25, 0.3) is 0 Å². The summed E-state index contributed by atoms with van der Waals surface area (Å²) in [6.45, 7) is -2.98. The molecule has 0 saturated heterocycles. The number of amides is 1. The molecule has 0 saturated carbocycles. The maximum Gasteiger partial charge on any atom is 0.387 e. The SMILES string of the molecule is Nc1cc(N)nc(SCC(=O)Nc2ccc(OC(F)F)c(Cl)c2)n1. The fourth-order valence-corrected chi connectivity index (χ4v) is 2.52. The summed E-state index contributed by atoms with van der Waals surface area (Å²) in [5.41, 5.74) is 11.4. The number of thioether (sulfide) groups is 1. The number of nitrogens with zero attached hydrogens (tertiary/aromatic N) is 2. The molecule has 0 atom stereocenters. The van der Waals surface area contributed by atoms with Gasteiger partial charge in [0.05, 0.1) is 10.8 Å². The number of rotatable bonds is 6. The van der Waals surface area contributed by atoms with Gasteiger partial charge in [0.25, 0.3) is 0 Å². The van der Waals surface area contributed by atoms with E-state index < -0.39 is 6.61 Å². The third kappa shape index (κ3) is 5.39. The van der Waals surface area contributed by atoms with Crippen molar-refractivity contribution >= 4 is 46.6 Å². The maximum absolute atomic E-state index is 12.1. The Morgan fingerprint density at radius 3 is 2.54 bits per heavy atom. The third-order valence-electron chi connectivity index (χ3n) is 2.51. The summed E-state index contributed by atoms with van der Waals surface area (Å²) < 4.78 is 28.5. The summed E-state index contributed by atoms with van der Waals surface area (Å²) in [5.74, 6) is -0.153. The van der Waals surface area contributed by atoms with E-state index in [1.807, 2.05) is 0 Å². The highest BCUT2D eigenvalue weighted by atomic mass is 35.5. The summed E-state index contributed by atoms with van der Waals surface area (Å²) >= 11 is 6.84. The number of aromatic nitrogens is 2. The molecule has 0 aliphatic heterocycles. The topological polar surface area (TPSA) is 116 Å². The first kappa shape index (κ1) is 18.0. The van der Waals surface area contributed by atoms with Crippen molar-refractivity contribution < 1.29 is 18.3 Å². The fourth-order valence-electron chi connectivity index (χ4n) is 1.62. The molecule has 2 rings (SSSR count). The maximum atomic E-state index is 12.1. The van der Waals surface area contributed by atoms with Crippen molar-refractivity contribution in [2.75, 3.05) is 22.5 Å². The molecule has 0 bridgehead atoms. The average molecular weight is 376 g/mol. The summed E-state index contributed by atoms with van der Waals surface area (Å²) in [7, 11) is 0. The van der Waals surface area contributed by atoms with Crippen LogP contribution in [0.15, 0.2) is 29.4 Å². The number of carbonyl (C=O) groups excluding carboxylic acids is 1. The van der Waals surface area contributed by atoms with Crippen LogP contribution in [-0.4, -0.2) is 28.2 Å². The molecular formula is C13H12ClF2N5O2S. The molecule has 5 N–H and O–H groups in total. The van der Waals surface area contributed by atoms with Gasteiger partial charge in [-0.05, 0) is 18.2 Å². The molecule has 0 spiro atoms. The quantitative estimate of drug-likeness (QED) is 0.525. The van der Waals surface area contributed by atoms with Crippen molar-refractivity contribution in [2.45, 2.75) is 11.8 Å². The second-order valence-electron chi connectivity index (χ2n) is 4.36. The monoisotopic (exact) mass is 375 g/mol.